The van der Waals surface area contributed by atoms with E-state index in [4.69, 9.17) is 20.9 Å². The maximum absolute atomic E-state index is 6.26. The third kappa shape index (κ3) is 3.71. The fraction of sp³-hybridized carbons (Fsp3) is 0.174. The van der Waals surface area contributed by atoms with Crippen LogP contribution in [-0.2, 0) is 24.3 Å². The molecule has 0 saturated carbocycles. The third-order valence-electron chi connectivity index (χ3n) is 5.49. The van der Waals surface area contributed by atoms with Gasteiger partial charge in [0.15, 0.2) is 5.82 Å². The van der Waals surface area contributed by atoms with E-state index in [0.717, 1.165) is 28.3 Å². The number of nitrogens with zero attached hydrogens (tertiary/aromatic N) is 7. The van der Waals surface area contributed by atoms with E-state index >= 15 is 0 Å². The highest BCUT2D eigenvalue weighted by Crippen LogP contribution is 2.34. The molecule has 1 aliphatic rings. The molecular formula is C23H18ClN7O2. The van der Waals surface area contributed by atoms with Crippen LogP contribution >= 0.6 is 11.6 Å². The zero-order chi connectivity index (χ0) is 22.2. The minimum atomic E-state index is 0.431. The van der Waals surface area contributed by atoms with Crippen LogP contribution in [0, 0.1) is 0 Å². The van der Waals surface area contributed by atoms with Crippen molar-refractivity contribution in [1.82, 2.24) is 34.5 Å². The lowest BCUT2D eigenvalue weighted by Gasteiger charge is -2.08. The molecule has 0 unspecified atom stereocenters. The second-order valence-electron chi connectivity index (χ2n) is 7.61. The van der Waals surface area contributed by atoms with E-state index in [-0.39, 0.29) is 0 Å². The Morgan fingerprint density at radius 3 is 2.91 bits per heavy atom. The molecule has 0 aliphatic carbocycles. The molecule has 1 aliphatic heterocycles. The Morgan fingerprint density at radius 2 is 2.00 bits per heavy atom. The number of fused-ring (bicyclic) bond motifs is 5. The Bertz CT molecular complexity index is 1420. The van der Waals surface area contributed by atoms with Gasteiger partial charge in [0.05, 0.1) is 37.6 Å². The van der Waals surface area contributed by atoms with Crippen LogP contribution in [0.15, 0.2) is 65.7 Å². The molecule has 0 fully saturated rings. The first-order valence-electron chi connectivity index (χ1n) is 10.5. The van der Waals surface area contributed by atoms with Crippen molar-refractivity contribution in [2.45, 2.75) is 19.6 Å². The number of hydrogen-bond donors (Lipinski definition) is 0. The molecule has 0 radical (unpaired) electrons. The number of benzene rings is 2. The van der Waals surface area contributed by atoms with Gasteiger partial charge >= 0.3 is 0 Å². The van der Waals surface area contributed by atoms with Crippen molar-refractivity contribution in [3.8, 4) is 28.6 Å². The van der Waals surface area contributed by atoms with Crippen molar-refractivity contribution in [3.63, 3.8) is 0 Å². The van der Waals surface area contributed by atoms with Crippen LogP contribution in [-0.4, -0.2) is 41.1 Å². The lowest BCUT2D eigenvalue weighted by Crippen LogP contribution is -2.06. The first-order valence-corrected chi connectivity index (χ1v) is 10.8. The molecule has 2 aromatic carbocycles. The Labute approximate surface area is 193 Å². The summed E-state index contributed by atoms with van der Waals surface area (Å²) in [4.78, 5) is 13.6. The quantitative estimate of drug-likeness (QED) is 0.348. The summed E-state index contributed by atoms with van der Waals surface area (Å²) in [5.41, 5.74) is 4.44. The molecule has 33 heavy (non-hydrogen) atoms. The Kier molecular flexibility index (Phi) is 4.97. The fourth-order valence-corrected chi connectivity index (χ4v) is 4.10. The van der Waals surface area contributed by atoms with E-state index in [1.807, 2.05) is 57.8 Å². The molecule has 0 spiro atoms. The normalized spacial score (nSPS) is 12.2. The topological polar surface area (TPSA) is 96.7 Å². The van der Waals surface area contributed by atoms with Crippen LogP contribution in [0.3, 0.4) is 0 Å². The Hall–Kier alpha value is -3.82. The number of ether oxygens (including phenoxy) is 1. The molecule has 0 saturated heterocycles. The van der Waals surface area contributed by atoms with Gasteiger partial charge in [0.2, 0.25) is 11.7 Å². The van der Waals surface area contributed by atoms with Crippen LogP contribution in [0.1, 0.15) is 17.1 Å². The van der Waals surface area contributed by atoms with Gasteiger partial charge < -0.3 is 9.26 Å². The van der Waals surface area contributed by atoms with E-state index in [9.17, 15) is 0 Å². The molecule has 10 heteroatoms. The van der Waals surface area contributed by atoms with Gasteiger partial charge in [0.1, 0.15) is 18.3 Å². The molecule has 4 heterocycles. The number of imidazole rings is 1. The first kappa shape index (κ1) is 19.8. The van der Waals surface area contributed by atoms with E-state index in [0.29, 0.717) is 48.6 Å². The van der Waals surface area contributed by atoms with E-state index < -0.39 is 0 Å². The smallest absolute Gasteiger partial charge is 0.229 e. The monoisotopic (exact) mass is 459 g/mol. The summed E-state index contributed by atoms with van der Waals surface area (Å²) in [5, 5.41) is 9.17. The lowest BCUT2D eigenvalue weighted by atomic mass is 10.1. The van der Waals surface area contributed by atoms with E-state index in [2.05, 4.69) is 25.2 Å². The SMILES string of the molecule is Clc1ccc2c(c1)-c1ncnn1Cc1c(-c3noc(CCOCc4ccccc4)n3)ncn1-2. The average molecular weight is 460 g/mol. The summed E-state index contributed by atoms with van der Waals surface area (Å²) in [7, 11) is 0. The number of aromatic nitrogens is 7. The van der Waals surface area contributed by atoms with Gasteiger partial charge in [-0.2, -0.15) is 10.1 Å². The van der Waals surface area contributed by atoms with Gasteiger partial charge in [-0.1, -0.05) is 47.1 Å². The van der Waals surface area contributed by atoms with Crippen LogP contribution in [0.4, 0.5) is 0 Å². The molecule has 3 aromatic heterocycles. The zero-order valence-corrected chi connectivity index (χ0v) is 18.2. The molecule has 6 rings (SSSR count). The largest absolute Gasteiger partial charge is 0.376 e. The number of hydrogen-bond acceptors (Lipinski definition) is 7. The second kappa shape index (κ2) is 8.27. The molecule has 0 bridgehead atoms. The maximum Gasteiger partial charge on any atom is 0.229 e. The van der Waals surface area contributed by atoms with Gasteiger partial charge in [-0.3, -0.25) is 4.57 Å². The minimum Gasteiger partial charge on any atom is -0.376 e. The van der Waals surface area contributed by atoms with Gasteiger partial charge in [0, 0.05) is 10.6 Å². The van der Waals surface area contributed by atoms with Crippen molar-refractivity contribution in [2.24, 2.45) is 0 Å². The summed E-state index contributed by atoms with van der Waals surface area (Å²) in [5.74, 6) is 1.68. The van der Waals surface area contributed by atoms with Crippen LogP contribution in [0.2, 0.25) is 5.02 Å². The van der Waals surface area contributed by atoms with Gasteiger partial charge in [-0.25, -0.2) is 14.6 Å². The molecular weight excluding hydrogens is 442 g/mol. The van der Waals surface area contributed by atoms with Crippen LogP contribution < -0.4 is 0 Å². The standard InChI is InChI=1S/C23H18ClN7O2/c24-16-6-7-18-17(10-16)23-25-13-27-31(23)11-19-21(26-14-30(18)19)22-28-20(33-29-22)8-9-32-12-15-4-2-1-3-5-15/h1-7,10,13-14H,8-9,11-12H2. The maximum atomic E-state index is 6.26. The highest BCUT2D eigenvalue weighted by molar-refractivity contribution is 6.31. The van der Waals surface area contributed by atoms with Crippen molar-refractivity contribution < 1.29 is 9.26 Å². The van der Waals surface area contributed by atoms with Gasteiger partial charge in [-0.15, -0.1) is 0 Å². The van der Waals surface area contributed by atoms with E-state index in [1.165, 1.54) is 6.33 Å². The molecule has 0 amide bonds. The first-order chi connectivity index (χ1) is 16.3. The lowest BCUT2D eigenvalue weighted by molar-refractivity contribution is 0.118. The summed E-state index contributed by atoms with van der Waals surface area (Å²) >= 11 is 6.26. The number of halogens is 1. The predicted molar refractivity (Wildman–Crippen MR) is 120 cm³/mol. The zero-order valence-electron chi connectivity index (χ0n) is 17.4. The summed E-state index contributed by atoms with van der Waals surface area (Å²) < 4.78 is 15.0. The molecule has 164 valence electrons. The molecule has 5 aromatic rings. The Balaban J connectivity index is 1.25. The molecule has 9 nitrogen and oxygen atoms in total. The fourth-order valence-electron chi connectivity index (χ4n) is 3.92. The van der Waals surface area contributed by atoms with Crippen molar-refractivity contribution in [2.75, 3.05) is 6.61 Å². The summed E-state index contributed by atoms with van der Waals surface area (Å²) in [6.07, 6.45) is 3.81. The molecule has 0 N–H and O–H groups in total. The van der Waals surface area contributed by atoms with Crippen molar-refractivity contribution >= 4 is 11.6 Å². The van der Waals surface area contributed by atoms with Gasteiger partial charge in [-0.05, 0) is 23.8 Å². The average Bonchev–Trinajstić information content (AvgIpc) is 3.57. The second-order valence-corrected chi connectivity index (χ2v) is 8.05. The van der Waals surface area contributed by atoms with Crippen molar-refractivity contribution in [1.29, 1.82) is 0 Å². The van der Waals surface area contributed by atoms with Crippen molar-refractivity contribution in [3.05, 3.63) is 83.4 Å². The van der Waals surface area contributed by atoms with E-state index in [1.54, 1.807) is 6.33 Å². The summed E-state index contributed by atoms with van der Waals surface area (Å²) in [6.45, 7) is 1.48. The highest BCUT2D eigenvalue weighted by Gasteiger charge is 2.26. The minimum absolute atomic E-state index is 0.431. The number of rotatable bonds is 6. The highest BCUT2D eigenvalue weighted by atomic mass is 35.5. The predicted octanol–water partition coefficient (Wildman–Crippen LogP) is 3.96. The molecule has 0 atom stereocenters. The summed E-state index contributed by atoms with van der Waals surface area (Å²) in [6, 6.07) is 15.7. The Morgan fingerprint density at radius 1 is 1.09 bits per heavy atom. The van der Waals surface area contributed by atoms with Gasteiger partial charge in [0.25, 0.3) is 0 Å². The third-order valence-corrected chi connectivity index (χ3v) is 5.73. The van der Waals surface area contributed by atoms with Crippen LogP contribution in [0.25, 0.3) is 28.6 Å². The van der Waals surface area contributed by atoms with Crippen LogP contribution in [0.5, 0.6) is 0 Å².